The molecule has 0 radical (unpaired) electrons. The smallest absolute Gasteiger partial charge is 0.156 e. The van der Waals surface area contributed by atoms with Crippen molar-refractivity contribution in [2.75, 3.05) is 32.6 Å². The van der Waals surface area contributed by atoms with Gasteiger partial charge in [-0.1, -0.05) is 30.3 Å². The van der Waals surface area contributed by atoms with Crippen molar-refractivity contribution >= 4 is 11.5 Å². The SMILES string of the molecule is CN(C)CCCOc1cccc2c1Cc1c(Nc3ccccc3)n[nH]c1-2. The van der Waals surface area contributed by atoms with Gasteiger partial charge in [-0.25, -0.2) is 0 Å². The van der Waals surface area contributed by atoms with Crippen LogP contribution in [-0.2, 0) is 6.42 Å². The lowest BCUT2D eigenvalue weighted by Gasteiger charge is -2.13. The third-order valence-electron chi connectivity index (χ3n) is 4.67. The van der Waals surface area contributed by atoms with Crippen molar-refractivity contribution in [3.8, 4) is 17.0 Å². The first-order chi connectivity index (χ1) is 12.7. The molecule has 5 heteroatoms. The minimum atomic E-state index is 0.732. The molecular weight excluding hydrogens is 324 g/mol. The average molecular weight is 348 g/mol. The van der Waals surface area contributed by atoms with Gasteiger partial charge in [0, 0.05) is 35.3 Å². The van der Waals surface area contributed by atoms with Gasteiger partial charge < -0.3 is 15.0 Å². The van der Waals surface area contributed by atoms with Gasteiger partial charge in [0.15, 0.2) is 5.82 Å². The number of rotatable bonds is 7. The summed E-state index contributed by atoms with van der Waals surface area (Å²) in [6, 6.07) is 16.4. The third-order valence-corrected chi connectivity index (χ3v) is 4.67. The largest absolute Gasteiger partial charge is 0.493 e. The van der Waals surface area contributed by atoms with Crippen LogP contribution in [0.3, 0.4) is 0 Å². The fourth-order valence-electron chi connectivity index (χ4n) is 3.38. The van der Waals surface area contributed by atoms with Crippen molar-refractivity contribution in [3.63, 3.8) is 0 Å². The predicted molar refractivity (Wildman–Crippen MR) is 105 cm³/mol. The van der Waals surface area contributed by atoms with Gasteiger partial charge in [0.2, 0.25) is 0 Å². The third kappa shape index (κ3) is 3.30. The van der Waals surface area contributed by atoms with Crippen LogP contribution in [0.2, 0.25) is 0 Å². The summed E-state index contributed by atoms with van der Waals surface area (Å²) in [4.78, 5) is 2.18. The number of anilines is 2. The van der Waals surface area contributed by atoms with Gasteiger partial charge in [-0.05, 0) is 38.7 Å². The molecule has 0 aliphatic heterocycles. The molecule has 0 fully saturated rings. The van der Waals surface area contributed by atoms with Crippen LogP contribution in [0.4, 0.5) is 11.5 Å². The van der Waals surface area contributed by atoms with Crippen molar-refractivity contribution in [3.05, 3.63) is 59.7 Å². The number of aromatic nitrogens is 2. The molecule has 0 bridgehead atoms. The van der Waals surface area contributed by atoms with Gasteiger partial charge in [0.25, 0.3) is 0 Å². The number of ether oxygens (including phenoxy) is 1. The summed E-state index contributed by atoms with van der Waals surface area (Å²) in [6.07, 6.45) is 1.85. The van der Waals surface area contributed by atoms with Crippen molar-refractivity contribution in [2.24, 2.45) is 0 Å². The van der Waals surface area contributed by atoms with E-state index in [4.69, 9.17) is 4.74 Å². The summed E-state index contributed by atoms with van der Waals surface area (Å²) >= 11 is 0. The highest BCUT2D eigenvalue weighted by molar-refractivity contribution is 5.81. The molecule has 1 aliphatic carbocycles. The lowest BCUT2D eigenvalue weighted by Crippen LogP contribution is -2.15. The summed E-state index contributed by atoms with van der Waals surface area (Å²) in [6.45, 7) is 1.76. The zero-order chi connectivity index (χ0) is 17.9. The quantitative estimate of drug-likeness (QED) is 0.495. The van der Waals surface area contributed by atoms with E-state index < -0.39 is 0 Å². The number of H-pyrrole nitrogens is 1. The molecule has 1 aromatic heterocycles. The van der Waals surface area contributed by atoms with Crippen LogP contribution in [0.15, 0.2) is 48.5 Å². The van der Waals surface area contributed by atoms with E-state index in [9.17, 15) is 0 Å². The molecule has 0 saturated carbocycles. The minimum Gasteiger partial charge on any atom is -0.493 e. The molecule has 134 valence electrons. The van der Waals surface area contributed by atoms with E-state index in [-0.39, 0.29) is 0 Å². The number of hydrogen-bond donors (Lipinski definition) is 2. The Morgan fingerprint density at radius 1 is 1.08 bits per heavy atom. The Kier molecular flexibility index (Phi) is 4.63. The molecule has 4 rings (SSSR count). The zero-order valence-corrected chi connectivity index (χ0v) is 15.2. The topological polar surface area (TPSA) is 53.2 Å². The lowest BCUT2D eigenvalue weighted by molar-refractivity contribution is 0.280. The number of para-hydroxylation sites is 1. The highest BCUT2D eigenvalue weighted by atomic mass is 16.5. The maximum absolute atomic E-state index is 6.08. The molecule has 1 aliphatic rings. The van der Waals surface area contributed by atoms with Crippen molar-refractivity contribution < 1.29 is 4.74 Å². The fraction of sp³-hybridized carbons (Fsp3) is 0.286. The van der Waals surface area contributed by atoms with Crippen molar-refractivity contribution in [2.45, 2.75) is 12.8 Å². The number of benzene rings is 2. The molecule has 0 unspecified atom stereocenters. The fourth-order valence-corrected chi connectivity index (χ4v) is 3.38. The minimum absolute atomic E-state index is 0.732. The van der Waals surface area contributed by atoms with Gasteiger partial charge in [-0.2, -0.15) is 5.10 Å². The summed E-state index contributed by atoms with van der Waals surface area (Å²) in [7, 11) is 4.17. The highest BCUT2D eigenvalue weighted by Gasteiger charge is 2.27. The second-order valence-corrected chi connectivity index (χ2v) is 6.88. The standard InChI is InChI=1S/C21H24N4O/c1-25(2)12-7-13-26-19-11-6-10-16-17(19)14-18-20(16)23-24-21(18)22-15-8-4-3-5-9-15/h3-6,8-11H,7,12-14H2,1-2H3,(H2,22,23,24). The van der Waals surface area contributed by atoms with E-state index in [0.717, 1.165) is 48.9 Å². The molecule has 0 spiro atoms. The molecule has 2 N–H and O–H groups in total. The number of aromatic amines is 1. The van der Waals surface area contributed by atoms with Gasteiger partial charge in [-0.15, -0.1) is 0 Å². The van der Waals surface area contributed by atoms with Gasteiger partial charge in [0.1, 0.15) is 5.75 Å². The first kappa shape index (κ1) is 16.7. The number of nitrogens with one attached hydrogen (secondary N) is 2. The molecule has 1 heterocycles. The molecule has 5 nitrogen and oxygen atoms in total. The second-order valence-electron chi connectivity index (χ2n) is 6.88. The van der Waals surface area contributed by atoms with E-state index in [1.807, 2.05) is 30.3 Å². The number of hydrogen-bond acceptors (Lipinski definition) is 4. The predicted octanol–water partition coefficient (Wildman–Crippen LogP) is 4.06. The Morgan fingerprint density at radius 2 is 1.92 bits per heavy atom. The van der Waals surface area contributed by atoms with Crippen LogP contribution in [0.5, 0.6) is 5.75 Å². The van der Waals surface area contributed by atoms with E-state index >= 15 is 0 Å². The van der Waals surface area contributed by atoms with Crippen molar-refractivity contribution in [1.29, 1.82) is 0 Å². The summed E-state index contributed by atoms with van der Waals surface area (Å²) in [5.41, 5.74) is 5.78. The van der Waals surface area contributed by atoms with Gasteiger partial charge in [0.05, 0.1) is 12.3 Å². The normalized spacial score (nSPS) is 12.1. The van der Waals surface area contributed by atoms with E-state index in [1.165, 1.54) is 16.7 Å². The number of fused-ring (bicyclic) bond motifs is 3. The van der Waals surface area contributed by atoms with E-state index in [2.05, 4.69) is 52.7 Å². The van der Waals surface area contributed by atoms with E-state index in [0.29, 0.717) is 0 Å². The Morgan fingerprint density at radius 3 is 2.73 bits per heavy atom. The molecule has 3 aromatic rings. The second kappa shape index (κ2) is 7.22. The maximum Gasteiger partial charge on any atom is 0.156 e. The first-order valence-electron chi connectivity index (χ1n) is 9.01. The van der Waals surface area contributed by atoms with Crippen LogP contribution in [0.25, 0.3) is 11.3 Å². The molecule has 26 heavy (non-hydrogen) atoms. The summed E-state index contributed by atoms with van der Waals surface area (Å²) < 4.78 is 6.08. The average Bonchev–Trinajstić information content (AvgIpc) is 3.20. The Labute approximate surface area is 154 Å². The summed E-state index contributed by atoms with van der Waals surface area (Å²) in [5.74, 6) is 1.87. The molecule has 0 saturated heterocycles. The molecule has 2 aromatic carbocycles. The lowest BCUT2D eigenvalue weighted by atomic mass is 10.1. The molecule has 0 atom stereocenters. The monoisotopic (exact) mass is 348 g/mol. The van der Waals surface area contributed by atoms with Crippen LogP contribution >= 0.6 is 0 Å². The van der Waals surface area contributed by atoms with Crippen LogP contribution in [0.1, 0.15) is 17.5 Å². The van der Waals surface area contributed by atoms with Gasteiger partial charge >= 0.3 is 0 Å². The maximum atomic E-state index is 6.08. The Hall–Kier alpha value is -2.79. The number of nitrogens with zero attached hydrogens (tertiary/aromatic N) is 2. The molecular formula is C21H24N4O. The van der Waals surface area contributed by atoms with Crippen molar-refractivity contribution in [1.82, 2.24) is 15.1 Å². The Bertz CT molecular complexity index is 886. The van der Waals surface area contributed by atoms with E-state index in [1.54, 1.807) is 0 Å². The van der Waals surface area contributed by atoms with Crippen LogP contribution in [0, 0.1) is 0 Å². The first-order valence-corrected chi connectivity index (χ1v) is 9.01. The zero-order valence-electron chi connectivity index (χ0n) is 15.2. The Balaban J connectivity index is 1.52. The summed E-state index contributed by atoms with van der Waals surface area (Å²) in [5, 5.41) is 11.1. The highest BCUT2D eigenvalue weighted by Crippen LogP contribution is 2.43. The van der Waals surface area contributed by atoms with Gasteiger partial charge in [-0.3, -0.25) is 5.10 Å². The van der Waals surface area contributed by atoms with Crippen LogP contribution in [-0.4, -0.2) is 42.3 Å². The molecule has 0 amide bonds. The van der Waals surface area contributed by atoms with Crippen LogP contribution < -0.4 is 10.1 Å².